The first-order valence-electron chi connectivity index (χ1n) is 9.53. The molecule has 2 N–H and O–H groups in total. The van der Waals surface area contributed by atoms with Crippen LogP contribution in [0.25, 0.3) is 0 Å². The van der Waals surface area contributed by atoms with E-state index in [1.165, 1.54) is 17.7 Å². The minimum Gasteiger partial charge on any atom is -0.379 e. The summed E-state index contributed by atoms with van der Waals surface area (Å²) in [5, 5.41) is 6.88. The van der Waals surface area contributed by atoms with Gasteiger partial charge in [-0.2, -0.15) is 0 Å². The molecule has 1 heterocycles. The Labute approximate surface area is 181 Å². The molecule has 1 fully saturated rings. The first-order valence-corrected chi connectivity index (χ1v) is 10.3. The van der Waals surface area contributed by atoms with Crippen molar-refractivity contribution in [3.8, 4) is 0 Å². The van der Waals surface area contributed by atoms with E-state index in [2.05, 4.69) is 44.7 Å². The van der Waals surface area contributed by atoms with Crippen LogP contribution in [0.15, 0.2) is 42.5 Å². The van der Waals surface area contributed by atoms with E-state index < -0.39 is 5.82 Å². The van der Waals surface area contributed by atoms with Crippen molar-refractivity contribution >= 4 is 40.3 Å². The van der Waals surface area contributed by atoms with Crippen molar-refractivity contribution in [1.82, 2.24) is 10.2 Å². The number of rotatable bonds is 6. The maximum Gasteiger partial charge on any atom is 0.170 e. The second-order valence-electron chi connectivity index (χ2n) is 7.11. The quantitative estimate of drug-likeness (QED) is 0.669. The first-order chi connectivity index (χ1) is 13.9. The van der Waals surface area contributed by atoms with Crippen LogP contribution in [0.1, 0.15) is 11.6 Å². The fourth-order valence-corrected chi connectivity index (χ4v) is 3.66. The summed E-state index contributed by atoms with van der Waals surface area (Å²) >= 11 is 11.3. The summed E-state index contributed by atoms with van der Waals surface area (Å²) in [7, 11) is 4.06. The molecule has 0 aromatic heterocycles. The Kier molecular flexibility index (Phi) is 7.66. The van der Waals surface area contributed by atoms with E-state index in [1.807, 2.05) is 14.1 Å². The predicted molar refractivity (Wildman–Crippen MR) is 122 cm³/mol. The molecule has 1 aliphatic heterocycles. The molecule has 156 valence electrons. The lowest BCUT2D eigenvalue weighted by atomic mass is 10.0. The van der Waals surface area contributed by atoms with Gasteiger partial charge in [-0.3, -0.25) is 4.90 Å². The van der Waals surface area contributed by atoms with E-state index in [0.29, 0.717) is 17.3 Å². The minimum absolute atomic E-state index is 0.0602. The van der Waals surface area contributed by atoms with Crippen LogP contribution in [-0.4, -0.2) is 57.0 Å². The maximum absolute atomic E-state index is 13.3. The Morgan fingerprint density at radius 2 is 1.90 bits per heavy atom. The van der Waals surface area contributed by atoms with Gasteiger partial charge in [-0.1, -0.05) is 23.7 Å². The molecule has 0 bridgehead atoms. The van der Waals surface area contributed by atoms with Gasteiger partial charge in [-0.15, -0.1) is 0 Å². The fourth-order valence-electron chi connectivity index (χ4n) is 3.28. The summed E-state index contributed by atoms with van der Waals surface area (Å²) in [5.41, 5.74) is 3.03. The third kappa shape index (κ3) is 6.02. The molecule has 3 rings (SSSR count). The van der Waals surface area contributed by atoms with Gasteiger partial charge in [0, 0.05) is 45.1 Å². The average molecular weight is 437 g/mol. The smallest absolute Gasteiger partial charge is 0.170 e. The van der Waals surface area contributed by atoms with Gasteiger partial charge < -0.3 is 20.3 Å². The molecule has 0 saturated carbocycles. The molecule has 2 aromatic carbocycles. The number of halogens is 2. The molecular weight excluding hydrogens is 411 g/mol. The third-order valence-corrected chi connectivity index (χ3v) is 5.45. The lowest BCUT2D eigenvalue weighted by Gasteiger charge is -2.35. The average Bonchev–Trinajstić information content (AvgIpc) is 2.72. The van der Waals surface area contributed by atoms with Crippen molar-refractivity contribution in [3.63, 3.8) is 0 Å². The highest BCUT2D eigenvalue weighted by Gasteiger charge is 2.23. The molecule has 8 heteroatoms. The Morgan fingerprint density at radius 3 is 2.52 bits per heavy atom. The maximum atomic E-state index is 13.3. The zero-order chi connectivity index (χ0) is 20.8. The second-order valence-corrected chi connectivity index (χ2v) is 7.93. The van der Waals surface area contributed by atoms with Gasteiger partial charge in [0.15, 0.2) is 5.11 Å². The summed E-state index contributed by atoms with van der Waals surface area (Å²) in [6, 6.07) is 13.2. The summed E-state index contributed by atoms with van der Waals surface area (Å²) in [4.78, 5) is 4.48. The molecule has 0 radical (unpaired) electrons. The van der Waals surface area contributed by atoms with E-state index in [0.717, 1.165) is 32.0 Å². The highest BCUT2D eigenvalue weighted by molar-refractivity contribution is 7.80. The number of hydrogen-bond acceptors (Lipinski definition) is 4. The third-order valence-electron chi connectivity index (χ3n) is 4.91. The highest BCUT2D eigenvalue weighted by atomic mass is 35.5. The van der Waals surface area contributed by atoms with Gasteiger partial charge in [0.25, 0.3) is 0 Å². The van der Waals surface area contributed by atoms with Gasteiger partial charge in [0.2, 0.25) is 0 Å². The number of ether oxygens (including phenoxy) is 1. The molecule has 0 amide bonds. The van der Waals surface area contributed by atoms with Gasteiger partial charge in [-0.05, 0) is 48.1 Å². The highest BCUT2D eigenvalue weighted by Crippen LogP contribution is 2.24. The number of nitrogens with one attached hydrogen (secondary N) is 2. The summed E-state index contributed by atoms with van der Waals surface area (Å²) in [6.07, 6.45) is 0. The van der Waals surface area contributed by atoms with Crippen molar-refractivity contribution in [2.24, 2.45) is 0 Å². The van der Waals surface area contributed by atoms with Crippen LogP contribution in [0, 0.1) is 5.82 Å². The number of hydrogen-bond donors (Lipinski definition) is 2. The topological polar surface area (TPSA) is 39.8 Å². The van der Waals surface area contributed by atoms with Crippen molar-refractivity contribution in [2.75, 3.05) is 57.2 Å². The molecule has 0 aliphatic carbocycles. The van der Waals surface area contributed by atoms with Crippen LogP contribution >= 0.6 is 23.8 Å². The molecule has 1 unspecified atom stereocenters. The van der Waals surface area contributed by atoms with Crippen LogP contribution in [0.4, 0.5) is 15.8 Å². The van der Waals surface area contributed by atoms with Gasteiger partial charge in [0.1, 0.15) is 5.82 Å². The molecule has 29 heavy (non-hydrogen) atoms. The second kappa shape index (κ2) is 10.2. The largest absolute Gasteiger partial charge is 0.379 e. The van der Waals surface area contributed by atoms with E-state index in [9.17, 15) is 4.39 Å². The molecular formula is C21H26ClFN4OS. The predicted octanol–water partition coefficient (Wildman–Crippen LogP) is 3.91. The Hall–Kier alpha value is -1.93. The summed E-state index contributed by atoms with van der Waals surface area (Å²) in [5.74, 6) is -0.454. The molecule has 2 aromatic rings. The number of morpholine rings is 1. The molecule has 1 atom stereocenters. The first kappa shape index (κ1) is 21.8. The fraction of sp³-hybridized carbons (Fsp3) is 0.381. The summed E-state index contributed by atoms with van der Waals surface area (Å²) < 4.78 is 18.8. The van der Waals surface area contributed by atoms with Crippen molar-refractivity contribution in [2.45, 2.75) is 6.04 Å². The molecule has 0 spiro atoms. The van der Waals surface area contributed by atoms with Gasteiger partial charge >= 0.3 is 0 Å². The standard InChI is InChI=1S/C21H26ClFN4OS/c1-26(2)17-6-3-15(4-7-17)20(27-9-11-28-12-10-27)14-24-21(29)25-16-5-8-19(23)18(22)13-16/h3-8,13,20H,9-12,14H2,1-2H3,(H2,24,25,29). The SMILES string of the molecule is CN(C)c1ccc(C(CNC(=S)Nc2ccc(F)c(Cl)c2)N2CCOCC2)cc1. The Morgan fingerprint density at radius 1 is 1.21 bits per heavy atom. The molecule has 1 aliphatic rings. The van der Waals surface area contributed by atoms with Gasteiger partial charge in [-0.25, -0.2) is 4.39 Å². The zero-order valence-electron chi connectivity index (χ0n) is 16.6. The Balaban J connectivity index is 1.67. The monoisotopic (exact) mass is 436 g/mol. The normalized spacial score (nSPS) is 15.6. The van der Waals surface area contributed by atoms with Crippen molar-refractivity contribution in [1.29, 1.82) is 0 Å². The van der Waals surface area contributed by atoms with E-state index in [4.69, 9.17) is 28.6 Å². The van der Waals surface area contributed by atoms with Crippen LogP contribution < -0.4 is 15.5 Å². The van der Waals surface area contributed by atoms with E-state index >= 15 is 0 Å². The number of anilines is 2. The minimum atomic E-state index is -0.454. The number of thiocarbonyl (C=S) groups is 1. The lowest BCUT2D eigenvalue weighted by Crippen LogP contribution is -2.44. The summed E-state index contributed by atoms with van der Waals surface area (Å²) in [6.45, 7) is 3.83. The van der Waals surface area contributed by atoms with Crippen LogP contribution in [-0.2, 0) is 4.74 Å². The molecule has 1 saturated heterocycles. The van der Waals surface area contributed by atoms with Crippen LogP contribution in [0.2, 0.25) is 5.02 Å². The van der Waals surface area contributed by atoms with E-state index in [1.54, 1.807) is 6.07 Å². The number of benzene rings is 2. The zero-order valence-corrected chi connectivity index (χ0v) is 18.2. The van der Waals surface area contributed by atoms with E-state index in [-0.39, 0.29) is 11.1 Å². The van der Waals surface area contributed by atoms with Crippen LogP contribution in [0.5, 0.6) is 0 Å². The number of nitrogens with zero attached hydrogens (tertiary/aromatic N) is 2. The lowest BCUT2D eigenvalue weighted by molar-refractivity contribution is 0.0170. The van der Waals surface area contributed by atoms with Gasteiger partial charge in [0.05, 0.1) is 24.3 Å². The molecule has 5 nitrogen and oxygen atoms in total. The van der Waals surface area contributed by atoms with Crippen molar-refractivity contribution in [3.05, 3.63) is 58.9 Å². The van der Waals surface area contributed by atoms with Crippen LogP contribution in [0.3, 0.4) is 0 Å². The van der Waals surface area contributed by atoms with Crippen molar-refractivity contribution < 1.29 is 9.13 Å². The Bertz CT molecular complexity index is 828.